The number of nitrogens with zero attached hydrogens (tertiary/aromatic N) is 2. The Balaban J connectivity index is 1.57. The molecule has 4 rings (SSSR count). The van der Waals surface area contributed by atoms with Crippen molar-refractivity contribution in [1.29, 1.82) is 0 Å². The Kier molecular flexibility index (Phi) is 5.12. The van der Waals surface area contributed by atoms with Crippen molar-refractivity contribution in [2.45, 2.75) is 57.2 Å². The van der Waals surface area contributed by atoms with Gasteiger partial charge in [-0.3, -0.25) is 14.5 Å². The highest BCUT2D eigenvalue weighted by Crippen LogP contribution is 2.41. The summed E-state index contributed by atoms with van der Waals surface area (Å²) >= 11 is 0. The number of nitrogens with one attached hydrogen (secondary N) is 1. The van der Waals surface area contributed by atoms with Gasteiger partial charge in [-0.05, 0) is 43.7 Å². The minimum atomic E-state index is -3.17. The van der Waals surface area contributed by atoms with E-state index in [9.17, 15) is 22.8 Å². The molecule has 1 aliphatic carbocycles. The lowest BCUT2D eigenvalue weighted by atomic mass is 9.92. The van der Waals surface area contributed by atoms with Crippen LogP contribution in [0.5, 0.6) is 0 Å². The summed E-state index contributed by atoms with van der Waals surface area (Å²) in [7, 11) is -3.17. The van der Waals surface area contributed by atoms with Crippen molar-refractivity contribution in [2.24, 2.45) is 0 Å². The van der Waals surface area contributed by atoms with Crippen LogP contribution >= 0.6 is 0 Å². The highest BCUT2D eigenvalue weighted by Gasteiger charge is 2.55. The summed E-state index contributed by atoms with van der Waals surface area (Å²) in [5, 5.41) is 2.83. The Morgan fingerprint density at radius 2 is 2.07 bits per heavy atom. The molecule has 2 heterocycles. The molecule has 0 aromatic heterocycles. The van der Waals surface area contributed by atoms with Gasteiger partial charge in [0, 0.05) is 12.1 Å². The van der Waals surface area contributed by atoms with E-state index in [0.717, 1.165) is 16.0 Å². The van der Waals surface area contributed by atoms with Crippen LogP contribution in [-0.2, 0) is 31.4 Å². The first-order valence-electron chi connectivity index (χ1n) is 10.4. The van der Waals surface area contributed by atoms with E-state index in [1.165, 1.54) is 0 Å². The fourth-order valence-electron chi connectivity index (χ4n) is 4.95. The van der Waals surface area contributed by atoms with E-state index in [2.05, 4.69) is 5.32 Å². The van der Waals surface area contributed by atoms with Crippen LogP contribution in [0.1, 0.15) is 44.2 Å². The number of hydrogen-bond donors (Lipinski definition) is 1. The molecule has 3 aliphatic rings. The second kappa shape index (κ2) is 7.37. The Hall–Kier alpha value is -2.42. The van der Waals surface area contributed by atoms with Gasteiger partial charge in [0.15, 0.2) is 9.84 Å². The summed E-state index contributed by atoms with van der Waals surface area (Å²) in [6, 6.07) is 6.36. The smallest absolute Gasteiger partial charge is 0.325 e. The van der Waals surface area contributed by atoms with Gasteiger partial charge in [0.25, 0.3) is 5.91 Å². The van der Waals surface area contributed by atoms with Crippen LogP contribution in [0.15, 0.2) is 24.3 Å². The van der Waals surface area contributed by atoms with Gasteiger partial charge in [0.1, 0.15) is 12.1 Å². The summed E-state index contributed by atoms with van der Waals surface area (Å²) in [6.45, 7) is 3.41. The van der Waals surface area contributed by atoms with Gasteiger partial charge in [-0.2, -0.15) is 0 Å². The monoisotopic (exact) mass is 433 g/mol. The topological polar surface area (TPSA) is 104 Å². The predicted octanol–water partition coefficient (Wildman–Crippen LogP) is 1.19. The molecule has 8 nitrogen and oxygen atoms in total. The van der Waals surface area contributed by atoms with E-state index in [1.807, 2.05) is 38.1 Å². The zero-order chi connectivity index (χ0) is 21.7. The summed E-state index contributed by atoms with van der Waals surface area (Å²) < 4.78 is 23.9. The summed E-state index contributed by atoms with van der Waals surface area (Å²) in [6.07, 6.45) is 2.19. The fraction of sp³-hybridized carbons (Fsp3) is 0.571. The van der Waals surface area contributed by atoms with Gasteiger partial charge in [-0.25, -0.2) is 13.2 Å². The average Bonchev–Trinajstić information content (AvgIpc) is 3.33. The average molecular weight is 434 g/mol. The van der Waals surface area contributed by atoms with Crippen LogP contribution in [0.3, 0.4) is 0 Å². The molecule has 2 saturated heterocycles. The number of fused-ring (bicyclic) bond motifs is 2. The quantitative estimate of drug-likeness (QED) is 0.703. The summed E-state index contributed by atoms with van der Waals surface area (Å²) in [5.74, 6) is -0.811. The van der Waals surface area contributed by atoms with E-state index in [4.69, 9.17) is 0 Å². The van der Waals surface area contributed by atoms with E-state index in [1.54, 1.807) is 4.90 Å². The maximum absolute atomic E-state index is 13.3. The third-order valence-corrected chi connectivity index (χ3v) is 8.42. The molecular formula is C21H27N3O5S. The first-order valence-corrected chi connectivity index (χ1v) is 12.2. The van der Waals surface area contributed by atoms with Crippen molar-refractivity contribution in [3.05, 3.63) is 35.4 Å². The summed E-state index contributed by atoms with van der Waals surface area (Å²) in [5.41, 5.74) is 0.710. The number of sulfone groups is 1. The Morgan fingerprint density at radius 1 is 1.33 bits per heavy atom. The molecule has 2 aliphatic heterocycles. The number of hydrogen-bond acceptors (Lipinski definition) is 5. The maximum Gasteiger partial charge on any atom is 0.325 e. The van der Waals surface area contributed by atoms with Crippen LogP contribution in [0.25, 0.3) is 0 Å². The molecule has 3 atom stereocenters. The van der Waals surface area contributed by atoms with Crippen LogP contribution in [0.4, 0.5) is 4.79 Å². The molecule has 1 spiro atoms. The van der Waals surface area contributed by atoms with E-state index >= 15 is 0 Å². The number of amides is 4. The standard InChI is InChI=1S/C21H27N3O5S/c1-3-14(2)24(16-9-11-30(28,29)13-16)18(25)12-23-19(26)21(22-20(23)27)10-8-15-6-4-5-7-17(15)21/h4-7,14,16H,3,8-13H2,1-2H3,(H,22,27)/t14-,16+,21-/m0/s1. The Morgan fingerprint density at radius 3 is 2.73 bits per heavy atom. The van der Waals surface area contributed by atoms with Crippen molar-refractivity contribution < 1.29 is 22.8 Å². The summed E-state index contributed by atoms with van der Waals surface area (Å²) in [4.78, 5) is 41.8. The molecular weight excluding hydrogens is 406 g/mol. The third-order valence-electron chi connectivity index (χ3n) is 6.67. The lowest BCUT2D eigenvalue weighted by Gasteiger charge is -2.34. The van der Waals surface area contributed by atoms with Crippen molar-refractivity contribution >= 4 is 27.7 Å². The lowest BCUT2D eigenvalue weighted by Crippen LogP contribution is -2.51. The first-order chi connectivity index (χ1) is 14.2. The third kappa shape index (κ3) is 3.29. The Bertz CT molecular complexity index is 1010. The first kappa shape index (κ1) is 20.8. The molecule has 30 heavy (non-hydrogen) atoms. The molecule has 4 amide bonds. The highest BCUT2D eigenvalue weighted by molar-refractivity contribution is 7.91. The fourth-order valence-corrected chi connectivity index (χ4v) is 6.66. The highest BCUT2D eigenvalue weighted by atomic mass is 32.2. The van der Waals surface area contributed by atoms with Crippen molar-refractivity contribution in [1.82, 2.24) is 15.1 Å². The molecule has 0 radical (unpaired) electrons. The van der Waals surface area contributed by atoms with E-state index < -0.39 is 39.3 Å². The second-order valence-corrected chi connectivity index (χ2v) is 10.7. The van der Waals surface area contributed by atoms with Gasteiger partial charge in [0.2, 0.25) is 5.91 Å². The number of aryl methyl sites for hydroxylation is 1. The SMILES string of the molecule is CC[C@H](C)N(C(=O)CN1C(=O)N[C@]2(CCc3ccccc32)C1=O)[C@@H]1CCS(=O)(=O)C1. The molecule has 1 N–H and O–H groups in total. The molecule has 0 saturated carbocycles. The van der Waals surface area contributed by atoms with Crippen LogP contribution in [0, 0.1) is 0 Å². The molecule has 2 fully saturated rings. The van der Waals surface area contributed by atoms with Gasteiger partial charge < -0.3 is 10.2 Å². The van der Waals surface area contributed by atoms with Gasteiger partial charge >= 0.3 is 6.03 Å². The van der Waals surface area contributed by atoms with Crippen LogP contribution < -0.4 is 5.32 Å². The van der Waals surface area contributed by atoms with E-state index in [0.29, 0.717) is 25.7 Å². The van der Waals surface area contributed by atoms with Crippen LogP contribution in [-0.4, -0.2) is 66.2 Å². The predicted molar refractivity (Wildman–Crippen MR) is 110 cm³/mol. The van der Waals surface area contributed by atoms with E-state index in [-0.39, 0.29) is 24.1 Å². The lowest BCUT2D eigenvalue weighted by molar-refractivity contribution is -0.141. The number of carbonyl (C=O) groups excluding carboxylic acids is 3. The largest absolute Gasteiger partial charge is 0.334 e. The van der Waals surface area contributed by atoms with Crippen molar-refractivity contribution in [3.8, 4) is 0 Å². The molecule has 9 heteroatoms. The Labute approximate surface area is 176 Å². The zero-order valence-corrected chi connectivity index (χ0v) is 18.1. The molecule has 0 unspecified atom stereocenters. The van der Waals surface area contributed by atoms with Gasteiger partial charge in [-0.15, -0.1) is 0 Å². The molecule has 1 aromatic rings. The minimum absolute atomic E-state index is 0.0565. The molecule has 1 aromatic carbocycles. The van der Waals surface area contributed by atoms with Crippen molar-refractivity contribution in [3.63, 3.8) is 0 Å². The van der Waals surface area contributed by atoms with Crippen molar-refractivity contribution in [2.75, 3.05) is 18.1 Å². The zero-order valence-electron chi connectivity index (χ0n) is 17.3. The molecule has 0 bridgehead atoms. The maximum atomic E-state index is 13.3. The number of rotatable bonds is 5. The van der Waals surface area contributed by atoms with Gasteiger partial charge in [-0.1, -0.05) is 31.2 Å². The number of imide groups is 1. The van der Waals surface area contributed by atoms with Crippen LogP contribution in [0.2, 0.25) is 0 Å². The second-order valence-electron chi connectivity index (χ2n) is 8.50. The number of carbonyl (C=O) groups is 3. The normalized spacial score (nSPS) is 27.9. The molecule has 162 valence electrons. The number of benzene rings is 1. The van der Waals surface area contributed by atoms with Gasteiger partial charge in [0.05, 0.1) is 11.5 Å². The number of urea groups is 1. The minimum Gasteiger partial charge on any atom is -0.334 e.